The number of piperidine rings is 1. The maximum absolute atomic E-state index is 13.4. The van der Waals surface area contributed by atoms with Crippen molar-refractivity contribution in [3.05, 3.63) is 59.7 Å². The molecule has 0 bridgehead atoms. The van der Waals surface area contributed by atoms with Gasteiger partial charge in [-0.3, -0.25) is 4.79 Å². The van der Waals surface area contributed by atoms with E-state index in [1.807, 2.05) is 38.1 Å². The van der Waals surface area contributed by atoms with Crippen LogP contribution in [0.4, 0.5) is 4.79 Å². The van der Waals surface area contributed by atoms with Gasteiger partial charge in [0.1, 0.15) is 12.6 Å². The first-order valence-corrected chi connectivity index (χ1v) is 12.4. The minimum atomic E-state index is -0.974. The third-order valence-electron chi connectivity index (χ3n) is 7.30. The number of carbonyl (C=O) groups excluding carboxylic acids is 2. The van der Waals surface area contributed by atoms with Crippen molar-refractivity contribution < 1.29 is 24.2 Å². The monoisotopic (exact) mass is 478 g/mol. The molecular weight excluding hydrogens is 444 g/mol. The number of likely N-dealkylation sites (tertiary alicyclic amines) is 1. The molecule has 7 nitrogen and oxygen atoms in total. The molecule has 0 aromatic heterocycles. The second-order valence-corrected chi connectivity index (χ2v) is 9.91. The first kappa shape index (κ1) is 24.8. The number of carbonyl (C=O) groups is 3. The number of aliphatic carboxylic acids is 1. The summed E-state index contributed by atoms with van der Waals surface area (Å²) in [6.07, 6.45) is 1.46. The first-order chi connectivity index (χ1) is 16.8. The molecule has 1 aliphatic heterocycles. The van der Waals surface area contributed by atoms with Crippen LogP contribution in [0.3, 0.4) is 0 Å². The minimum absolute atomic E-state index is 0.0457. The molecule has 1 fully saturated rings. The summed E-state index contributed by atoms with van der Waals surface area (Å²) in [6, 6.07) is 15.0. The summed E-state index contributed by atoms with van der Waals surface area (Å²) >= 11 is 0. The molecule has 3 atom stereocenters. The summed E-state index contributed by atoms with van der Waals surface area (Å²) in [5.74, 6) is -1.87. The third kappa shape index (κ3) is 5.04. The summed E-state index contributed by atoms with van der Waals surface area (Å²) in [7, 11) is 0. The van der Waals surface area contributed by atoms with Gasteiger partial charge in [-0.05, 0) is 54.4 Å². The predicted molar refractivity (Wildman–Crippen MR) is 133 cm³/mol. The van der Waals surface area contributed by atoms with E-state index in [1.54, 1.807) is 6.92 Å². The van der Waals surface area contributed by atoms with Crippen LogP contribution in [0.15, 0.2) is 48.5 Å². The number of nitrogens with one attached hydrogen (secondary N) is 1. The van der Waals surface area contributed by atoms with Crippen molar-refractivity contribution in [2.75, 3.05) is 13.2 Å². The highest BCUT2D eigenvalue weighted by molar-refractivity contribution is 5.86. The summed E-state index contributed by atoms with van der Waals surface area (Å²) in [4.78, 5) is 39.4. The summed E-state index contributed by atoms with van der Waals surface area (Å²) < 4.78 is 5.66. The smallest absolute Gasteiger partial charge is 0.407 e. The first-order valence-electron chi connectivity index (χ1n) is 12.4. The van der Waals surface area contributed by atoms with Gasteiger partial charge in [-0.25, -0.2) is 9.59 Å². The lowest BCUT2D eigenvalue weighted by molar-refractivity contribution is -0.155. The molecule has 2 amide bonds. The van der Waals surface area contributed by atoms with Crippen LogP contribution in [0.1, 0.15) is 57.1 Å². The van der Waals surface area contributed by atoms with Crippen molar-refractivity contribution in [1.29, 1.82) is 0 Å². The van der Waals surface area contributed by atoms with Crippen LogP contribution in [0, 0.1) is 11.8 Å². The number of rotatable bonds is 7. The number of ether oxygens (including phenoxy) is 1. The zero-order chi connectivity index (χ0) is 25.1. The second kappa shape index (κ2) is 10.5. The molecule has 35 heavy (non-hydrogen) atoms. The van der Waals surface area contributed by atoms with Gasteiger partial charge < -0.3 is 20.1 Å². The summed E-state index contributed by atoms with van der Waals surface area (Å²) in [6.45, 7) is 6.23. The molecule has 1 saturated heterocycles. The maximum atomic E-state index is 13.4. The Kier molecular flexibility index (Phi) is 7.43. The van der Waals surface area contributed by atoms with E-state index in [0.717, 1.165) is 35.1 Å². The Labute approximate surface area is 206 Å². The molecule has 0 saturated carbocycles. The van der Waals surface area contributed by atoms with E-state index in [2.05, 4.69) is 29.6 Å². The molecule has 1 aliphatic carbocycles. The van der Waals surface area contributed by atoms with Crippen LogP contribution in [-0.2, 0) is 14.3 Å². The number of hydrogen-bond acceptors (Lipinski definition) is 4. The third-order valence-corrected chi connectivity index (χ3v) is 7.30. The molecular formula is C28H34N2O5. The van der Waals surface area contributed by atoms with Crippen molar-refractivity contribution in [2.24, 2.45) is 11.8 Å². The number of hydrogen-bond donors (Lipinski definition) is 2. The van der Waals surface area contributed by atoms with Gasteiger partial charge in [0.15, 0.2) is 0 Å². The average Bonchev–Trinajstić information content (AvgIpc) is 3.16. The van der Waals surface area contributed by atoms with Gasteiger partial charge in [0.25, 0.3) is 0 Å². The highest BCUT2D eigenvalue weighted by Gasteiger charge is 2.39. The van der Waals surface area contributed by atoms with Gasteiger partial charge in [0, 0.05) is 18.5 Å². The SMILES string of the molecule is CC(C)C(C(=O)N1CCCC[C@@H]1C(=O)O)C(C)NC(=O)OCC1c2ccccc2-c2ccccc21. The number of alkyl carbamates (subject to hydrolysis) is 1. The lowest BCUT2D eigenvalue weighted by Crippen LogP contribution is -2.55. The molecule has 2 aliphatic rings. The number of benzene rings is 2. The Bertz CT molecular complexity index is 1050. The van der Waals surface area contributed by atoms with E-state index in [1.165, 1.54) is 4.90 Å². The molecule has 2 unspecified atom stereocenters. The molecule has 2 N–H and O–H groups in total. The van der Waals surface area contributed by atoms with E-state index in [0.29, 0.717) is 13.0 Å². The molecule has 0 spiro atoms. The van der Waals surface area contributed by atoms with Crippen LogP contribution in [0.5, 0.6) is 0 Å². The topological polar surface area (TPSA) is 95.9 Å². The molecule has 186 valence electrons. The van der Waals surface area contributed by atoms with Crippen molar-refractivity contribution in [3.63, 3.8) is 0 Å². The van der Waals surface area contributed by atoms with Crippen molar-refractivity contribution in [3.8, 4) is 11.1 Å². The largest absolute Gasteiger partial charge is 0.480 e. The molecule has 7 heteroatoms. The second-order valence-electron chi connectivity index (χ2n) is 9.91. The quantitative estimate of drug-likeness (QED) is 0.604. The van der Waals surface area contributed by atoms with Crippen LogP contribution in [-0.4, -0.2) is 53.2 Å². The molecule has 4 rings (SSSR count). The normalized spacial score (nSPS) is 19.0. The molecule has 1 heterocycles. The Hall–Kier alpha value is -3.35. The van der Waals surface area contributed by atoms with E-state index in [-0.39, 0.29) is 24.3 Å². The van der Waals surface area contributed by atoms with Gasteiger partial charge in [0.2, 0.25) is 5.91 Å². The van der Waals surface area contributed by atoms with Gasteiger partial charge in [-0.2, -0.15) is 0 Å². The standard InChI is InChI=1S/C28H34N2O5/c1-17(2)25(26(31)30-15-9-8-14-24(30)27(32)33)18(3)29-28(34)35-16-23-21-12-6-4-10-19(21)20-11-5-7-13-22(20)23/h4-7,10-13,17-18,23-25H,8-9,14-16H2,1-3H3,(H,29,34)(H,32,33)/t18?,24-,25?/m1/s1. The number of carboxylic acids is 1. The van der Waals surface area contributed by atoms with Crippen LogP contribution in [0.2, 0.25) is 0 Å². The molecule has 2 aromatic carbocycles. The minimum Gasteiger partial charge on any atom is -0.480 e. The van der Waals surface area contributed by atoms with E-state index in [9.17, 15) is 19.5 Å². The Morgan fingerprint density at radius 2 is 1.60 bits per heavy atom. The molecule has 2 aromatic rings. The Balaban J connectivity index is 1.42. The van der Waals surface area contributed by atoms with Crippen LogP contribution >= 0.6 is 0 Å². The number of fused-ring (bicyclic) bond motifs is 3. The van der Waals surface area contributed by atoms with Gasteiger partial charge in [-0.15, -0.1) is 0 Å². The fourth-order valence-electron chi connectivity index (χ4n) is 5.64. The van der Waals surface area contributed by atoms with Gasteiger partial charge in [0.05, 0.1) is 5.92 Å². The lowest BCUT2D eigenvalue weighted by Gasteiger charge is -2.38. The fourth-order valence-corrected chi connectivity index (χ4v) is 5.64. The zero-order valence-corrected chi connectivity index (χ0v) is 20.6. The molecule has 0 radical (unpaired) electrons. The number of nitrogens with zero attached hydrogens (tertiary/aromatic N) is 1. The number of carboxylic acid groups (broad SMARTS) is 1. The summed E-state index contributed by atoms with van der Waals surface area (Å²) in [5.41, 5.74) is 4.58. The van der Waals surface area contributed by atoms with Crippen LogP contribution in [0.25, 0.3) is 11.1 Å². The van der Waals surface area contributed by atoms with Crippen molar-refractivity contribution >= 4 is 18.0 Å². The fraction of sp³-hybridized carbons (Fsp3) is 0.464. The van der Waals surface area contributed by atoms with Gasteiger partial charge >= 0.3 is 12.1 Å². The summed E-state index contributed by atoms with van der Waals surface area (Å²) in [5, 5.41) is 12.4. The number of amides is 2. The maximum Gasteiger partial charge on any atom is 0.407 e. The Morgan fingerprint density at radius 3 is 2.17 bits per heavy atom. The average molecular weight is 479 g/mol. The van der Waals surface area contributed by atoms with Gasteiger partial charge in [-0.1, -0.05) is 62.4 Å². The Morgan fingerprint density at radius 1 is 1.00 bits per heavy atom. The van der Waals surface area contributed by atoms with Crippen LogP contribution < -0.4 is 5.32 Å². The van der Waals surface area contributed by atoms with Crippen molar-refractivity contribution in [1.82, 2.24) is 10.2 Å². The van der Waals surface area contributed by atoms with E-state index < -0.39 is 30.1 Å². The van der Waals surface area contributed by atoms with Crippen molar-refractivity contribution in [2.45, 2.75) is 58.0 Å². The van der Waals surface area contributed by atoms with E-state index >= 15 is 0 Å². The highest BCUT2D eigenvalue weighted by Crippen LogP contribution is 2.44. The van der Waals surface area contributed by atoms with E-state index in [4.69, 9.17) is 4.74 Å². The lowest BCUT2D eigenvalue weighted by atomic mass is 9.86. The predicted octanol–water partition coefficient (Wildman–Crippen LogP) is 4.65. The highest BCUT2D eigenvalue weighted by atomic mass is 16.5. The zero-order valence-electron chi connectivity index (χ0n) is 20.6.